The van der Waals surface area contributed by atoms with Crippen molar-refractivity contribution in [3.63, 3.8) is 0 Å². The minimum absolute atomic E-state index is 0.356. The minimum Gasteiger partial charge on any atom is -0.387 e. The Hall–Kier alpha value is -0.900. The molecule has 2 N–H and O–H groups in total. The molecule has 17 heavy (non-hydrogen) atoms. The van der Waals surface area contributed by atoms with E-state index in [9.17, 15) is 5.11 Å². The van der Waals surface area contributed by atoms with Crippen LogP contribution in [0.1, 0.15) is 30.6 Å². The smallest absolute Gasteiger partial charge is 0.0914 e. The second kappa shape index (κ2) is 7.43. The molecule has 0 saturated carbocycles. The number of hydrogen-bond donors (Lipinski definition) is 2. The maximum Gasteiger partial charge on any atom is 0.0914 e. The molecule has 2 unspecified atom stereocenters. The first-order valence-corrected chi connectivity index (χ1v) is 6.10. The third-order valence-corrected chi connectivity index (χ3v) is 2.84. The molecule has 0 spiro atoms. The lowest BCUT2D eigenvalue weighted by molar-refractivity contribution is 0.158. The Kier molecular flexibility index (Phi) is 6.19. The molecule has 0 aromatic heterocycles. The van der Waals surface area contributed by atoms with Crippen LogP contribution in [-0.2, 0) is 4.74 Å². The lowest BCUT2D eigenvalue weighted by Crippen LogP contribution is -2.31. The zero-order valence-corrected chi connectivity index (χ0v) is 10.9. The van der Waals surface area contributed by atoms with Gasteiger partial charge in [0.1, 0.15) is 0 Å². The number of aliphatic hydroxyl groups is 1. The second-order valence-electron chi connectivity index (χ2n) is 4.52. The van der Waals surface area contributed by atoms with Gasteiger partial charge in [0.15, 0.2) is 0 Å². The average molecular weight is 237 g/mol. The standard InChI is InChI=1S/C14H23NO2/c1-11-5-4-6-13(9-11)14(16)10-15-12(2)7-8-17-3/h4-6,9,12,14-16H,7-8,10H2,1-3H3. The van der Waals surface area contributed by atoms with Gasteiger partial charge in [0, 0.05) is 26.3 Å². The van der Waals surface area contributed by atoms with Gasteiger partial charge in [0.05, 0.1) is 6.10 Å². The molecule has 0 saturated heterocycles. The van der Waals surface area contributed by atoms with Crippen LogP contribution in [0.4, 0.5) is 0 Å². The lowest BCUT2D eigenvalue weighted by atomic mass is 10.1. The Bertz CT molecular complexity index is 328. The van der Waals surface area contributed by atoms with Crippen molar-refractivity contribution in [3.8, 4) is 0 Å². The predicted octanol–water partition coefficient (Wildman–Crippen LogP) is 2.04. The Morgan fingerprint density at radius 2 is 2.18 bits per heavy atom. The molecule has 1 aromatic carbocycles. The SMILES string of the molecule is COCCC(C)NCC(O)c1cccc(C)c1. The largest absolute Gasteiger partial charge is 0.387 e. The van der Waals surface area contributed by atoms with Crippen LogP contribution in [0, 0.1) is 6.92 Å². The molecule has 1 aromatic rings. The van der Waals surface area contributed by atoms with Crippen molar-refractivity contribution in [1.29, 1.82) is 0 Å². The number of aliphatic hydroxyl groups excluding tert-OH is 1. The molecule has 0 amide bonds. The summed E-state index contributed by atoms with van der Waals surface area (Å²) in [5, 5.41) is 13.3. The fourth-order valence-corrected chi connectivity index (χ4v) is 1.70. The minimum atomic E-state index is -0.445. The fraction of sp³-hybridized carbons (Fsp3) is 0.571. The summed E-state index contributed by atoms with van der Waals surface area (Å²) in [4.78, 5) is 0. The molecule has 0 aliphatic heterocycles. The number of benzene rings is 1. The van der Waals surface area contributed by atoms with Crippen LogP contribution >= 0.6 is 0 Å². The van der Waals surface area contributed by atoms with E-state index in [0.717, 1.165) is 18.6 Å². The summed E-state index contributed by atoms with van der Waals surface area (Å²) in [6, 6.07) is 8.34. The van der Waals surface area contributed by atoms with Gasteiger partial charge in [-0.05, 0) is 25.8 Å². The van der Waals surface area contributed by atoms with E-state index in [1.165, 1.54) is 5.56 Å². The van der Waals surface area contributed by atoms with Crippen LogP contribution in [-0.4, -0.2) is 31.4 Å². The first kappa shape index (κ1) is 14.2. The zero-order valence-electron chi connectivity index (χ0n) is 10.9. The zero-order chi connectivity index (χ0) is 12.7. The van der Waals surface area contributed by atoms with Gasteiger partial charge in [-0.25, -0.2) is 0 Å². The summed E-state index contributed by atoms with van der Waals surface area (Å²) >= 11 is 0. The van der Waals surface area contributed by atoms with Gasteiger partial charge in [0.25, 0.3) is 0 Å². The van der Waals surface area contributed by atoms with E-state index in [2.05, 4.69) is 12.2 Å². The molecule has 0 aliphatic carbocycles. The topological polar surface area (TPSA) is 41.5 Å². The molecule has 0 fully saturated rings. The molecule has 96 valence electrons. The third kappa shape index (κ3) is 5.31. The third-order valence-electron chi connectivity index (χ3n) is 2.84. The Morgan fingerprint density at radius 1 is 1.41 bits per heavy atom. The molecular weight excluding hydrogens is 214 g/mol. The highest BCUT2D eigenvalue weighted by atomic mass is 16.5. The number of nitrogens with one attached hydrogen (secondary N) is 1. The maximum atomic E-state index is 10.0. The van der Waals surface area contributed by atoms with E-state index < -0.39 is 6.10 Å². The average Bonchev–Trinajstić information content (AvgIpc) is 2.33. The summed E-state index contributed by atoms with van der Waals surface area (Å²) in [5.74, 6) is 0. The van der Waals surface area contributed by atoms with Gasteiger partial charge in [-0.3, -0.25) is 0 Å². The summed E-state index contributed by atoms with van der Waals surface area (Å²) < 4.78 is 5.02. The van der Waals surface area contributed by atoms with Crippen molar-refractivity contribution < 1.29 is 9.84 Å². The van der Waals surface area contributed by atoms with Gasteiger partial charge in [-0.2, -0.15) is 0 Å². The Balaban J connectivity index is 2.36. The molecule has 3 nitrogen and oxygen atoms in total. The van der Waals surface area contributed by atoms with Crippen LogP contribution in [0.5, 0.6) is 0 Å². The monoisotopic (exact) mass is 237 g/mol. The summed E-state index contributed by atoms with van der Waals surface area (Å²) in [7, 11) is 1.70. The number of ether oxygens (including phenoxy) is 1. The normalized spacial score (nSPS) is 14.6. The predicted molar refractivity (Wildman–Crippen MR) is 70.1 cm³/mol. The van der Waals surface area contributed by atoms with E-state index in [-0.39, 0.29) is 0 Å². The summed E-state index contributed by atoms with van der Waals surface area (Å²) in [5.41, 5.74) is 2.14. The van der Waals surface area contributed by atoms with Crippen molar-refractivity contribution in [1.82, 2.24) is 5.32 Å². The maximum absolute atomic E-state index is 10.0. The highest BCUT2D eigenvalue weighted by molar-refractivity contribution is 5.24. The molecule has 3 heteroatoms. The van der Waals surface area contributed by atoms with Crippen LogP contribution in [0.3, 0.4) is 0 Å². The van der Waals surface area contributed by atoms with E-state index in [4.69, 9.17) is 4.74 Å². The van der Waals surface area contributed by atoms with Gasteiger partial charge in [0.2, 0.25) is 0 Å². The van der Waals surface area contributed by atoms with Crippen molar-refractivity contribution in [2.24, 2.45) is 0 Å². The molecule has 0 aliphatic rings. The van der Waals surface area contributed by atoms with Gasteiger partial charge in [-0.1, -0.05) is 29.8 Å². The second-order valence-corrected chi connectivity index (χ2v) is 4.52. The highest BCUT2D eigenvalue weighted by Gasteiger charge is 2.09. The van der Waals surface area contributed by atoms with E-state index >= 15 is 0 Å². The number of aryl methyl sites for hydroxylation is 1. The van der Waals surface area contributed by atoms with Gasteiger partial charge >= 0.3 is 0 Å². The molecule has 0 heterocycles. The van der Waals surface area contributed by atoms with Crippen LogP contribution in [0.2, 0.25) is 0 Å². The molecular formula is C14H23NO2. The van der Waals surface area contributed by atoms with E-state index in [1.807, 2.05) is 31.2 Å². The van der Waals surface area contributed by atoms with Crippen molar-refractivity contribution >= 4 is 0 Å². The molecule has 0 bridgehead atoms. The van der Waals surface area contributed by atoms with Crippen LogP contribution < -0.4 is 5.32 Å². The Morgan fingerprint density at radius 3 is 2.82 bits per heavy atom. The van der Waals surface area contributed by atoms with Crippen LogP contribution in [0.25, 0.3) is 0 Å². The van der Waals surface area contributed by atoms with E-state index in [1.54, 1.807) is 7.11 Å². The van der Waals surface area contributed by atoms with Gasteiger partial charge < -0.3 is 15.2 Å². The van der Waals surface area contributed by atoms with Crippen molar-refractivity contribution in [3.05, 3.63) is 35.4 Å². The fourth-order valence-electron chi connectivity index (χ4n) is 1.70. The molecule has 2 atom stereocenters. The van der Waals surface area contributed by atoms with Crippen LogP contribution in [0.15, 0.2) is 24.3 Å². The lowest BCUT2D eigenvalue weighted by Gasteiger charge is -2.17. The molecule has 1 rings (SSSR count). The summed E-state index contributed by atoms with van der Waals surface area (Å²) in [6.45, 7) is 5.45. The van der Waals surface area contributed by atoms with Crippen molar-refractivity contribution in [2.75, 3.05) is 20.3 Å². The first-order chi connectivity index (χ1) is 8.13. The number of rotatable bonds is 7. The Labute approximate surface area is 104 Å². The molecule has 0 radical (unpaired) electrons. The summed E-state index contributed by atoms with van der Waals surface area (Å²) in [6.07, 6.45) is 0.511. The van der Waals surface area contributed by atoms with E-state index in [0.29, 0.717) is 12.6 Å². The number of hydrogen-bond acceptors (Lipinski definition) is 3. The van der Waals surface area contributed by atoms with Crippen molar-refractivity contribution in [2.45, 2.75) is 32.4 Å². The highest BCUT2D eigenvalue weighted by Crippen LogP contribution is 2.13. The first-order valence-electron chi connectivity index (χ1n) is 6.10. The number of methoxy groups -OCH3 is 1. The quantitative estimate of drug-likeness (QED) is 0.762. The van der Waals surface area contributed by atoms with Gasteiger partial charge in [-0.15, -0.1) is 0 Å².